The lowest BCUT2D eigenvalue weighted by atomic mass is 9.99. The molecule has 1 unspecified atom stereocenters. The molecule has 0 radical (unpaired) electrons. The summed E-state index contributed by atoms with van der Waals surface area (Å²) in [6.45, 7) is 5.08. The van der Waals surface area contributed by atoms with Crippen LogP contribution in [0.25, 0.3) is 0 Å². The van der Waals surface area contributed by atoms with E-state index in [0.29, 0.717) is 17.3 Å². The van der Waals surface area contributed by atoms with Gasteiger partial charge in [0.25, 0.3) is 0 Å². The van der Waals surface area contributed by atoms with E-state index >= 15 is 0 Å². The van der Waals surface area contributed by atoms with Gasteiger partial charge in [0.2, 0.25) is 0 Å². The predicted octanol–water partition coefficient (Wildman–Crippen LogP) is 4.69. The number of nitrogens with zero attached hydrogens (tertiary/aromatic N) is 1. The highest BCUT2D eigenvalue weighted by molar-refractivity contribution is 7.80. The van der Waals surface area contributed by atoms with Crippen molar-refractivity contribution >= 4 is 28.7 Å². The van der Waals surface area contributed by atoms with Crippen LogP contribution in [0.15, 0.2) is 42.5 Å². The van der Waals surface area contributed by atoms with Crippen molar-refractivity contribution < 1.29 is 8.78 Å². The van der Waals surface area contributed by atoms with Crippen LogP contribution in [0.4, 0.5) is 20.2 Å². The Morgan fingerprint density at radius 1 is 1.15 bits per heavy atom. The summed E-state index contributed by atoms with van der Waals surface area (Å²) in [7, 11) is 0. The number of rotatable bonds is 4. The summed E-state index contributed by atoms with van der Waals surface area (Å²) in [4.78, 5) is 2.43. The van der Waals surface area contributed by atoms with Gasteiger partial charge in [-0.1, -0.05) is 19.1 Å². The van der Waals surface area contributed by atoms with Gasteiger partial charge in [-0.25, -0.2) is 8.78 Å². The van der Waals surface area contributed by atoms with E-state index in [2.05, 4.69) is 46.7 Å². The van der Waals surface area contributed by atoms with E-state index < -0.39 is 11.6 Å². The number of hydrogen-bond donors (Lipinski definition) is 2. The third-order valence-corrected chi connectivity index (χ3v) is 4.84. The Hall–Kier alpha value is -2.21. The quantitative estimate of drug-likeness (QED) is 0.759. The lowest BCUT2D eigenvalue weighted by molar-refractivity contribution is 0.447. The first-order valence-electron chi connectivity index (χ1n) is 8.85. The van der Waals surface area contributed by atoms with Crippen molar-refractivity contribution in [2.75, 3.05) is 23.3 Å². The fourth-order valence-electron chi connectivity index (χ4n) is 3.18. The Kier molecular flexibility index (Phi) is 6.04. The number of halogens is 2. The fraction of sp³-hybridized carbons (Fsp3) is 0.350. The highest BCUT2D eigenvalue weighted by atomic mass is 32.1. The van der Waals surface area contributed by atoms with Gasteiger partial charge in [0.05, 0.1) is 0 Å². The van der Waals surface area contributed by atoms with Crippen molar-refractivity contribution in [2.24, 2.45) is 5.92 Å². The molecule has 6 heteroatoms. The van der Waals surface area contributed by atoms with Crippen LogP contribution in [0.3, 0.4) is 0 Å². The van der Waals surface area contributed by atoms with E-state index in [1.165, 1.54) is 24.6 Å². The van der Waals surface area contributed by atoms with Gasteiger partial charge in [0.15, 0.2) is 16.7 Å². The minimum atomic E-state index is -0.902. The lowest BCUT2D eigenvalue weighted by Crippen LogP contribution is -2.34. The summed E-state index contributed by atoms with van der Waals surface area (Å²) < 4.78 is 26.2. The second kappa shape index (κ2) is 8.45. The van der Waals surface area contributed by atoms with Crippen LogP contribution < -0.4 is 15.5 Å². The summed E-state index contributed by atoms with van der Waals surface area (Å²) in [5.41, 5.74) is 2.77. The summed E-state index contributed by atoms with van der Waals surface area (Å²) in [6, 6.07) is 12.0. The first-order valence-corrected chi connectivity index (χ1v) is 9.26. The molecule has 138 valence electrons. The molecule has 0 amide bonds. The Balaban J connectivity index is 1.51. The van der Waals surface area contributed by atoms with Gasteiger partial charge >= 0.3 is 0 Å². The highest BCUT2D eigenvalue weighted by Crippen LogP contribution is 2.23. The van der Waals surface area contributed by atoms with Crippen LogP contribution in [0.1, 0.15) is 25.3 Å². The lowest BCUT2D eigenvalue weighted by Gasteiger charge is -2.32. The zero-order valence-electron chi connectivity index (χ0n) is 14.8. The number of hydrogen-bond acceptors (Lipinski definition) is 2. The Morgan fingerprint density at radius 2 is 1.92 bits per heavy atom. The van der Waals surface area contributed by atoms with E-state index in [4.69, 9.17) is 12.2 Å². The van der Waals surface area contributed by atoms with Gasteiger partial charge in [0, 0.05) is 37.1 Å². The van der Waals surface area contributed by atoms with Crippen LogP contribution >= 0.6 is 12.2 Å². The Bertz CT molecular complexity index is 764. The van der Waals surface area contributed by atoms with Gasteiger partial charge in [-0.3, -0.25) is 0 Å². The molecule has 2 N–H and O–H groups in total. The van der Waals surface area contributed by atoms with Crippen LogP contribution in [0.2, 0.25) is 0 Å². The SMILES string of the molecule is CC1CCCN(c2ccc(CNC(=S)Nc3ccc(F)c(F)c3)cc2)C1. The van der Waals surface area contributed by atoms with E-state index in [9.17, 15) is 8.78 Å². The normalized spacial score (nSPS) is 17.0. The van der Waals surface area contributed by atoms with Crippen molar-refractivity contribution in [3.8, 4) is 0 Å². The monoisotopic (exact) mass is 375 g/mol. The Morgan fingerprint density at radius 3 is 2.62 bits per heavy atom. The van der Waals surface area contributed by atoms with Crippen LogP contribution in [0.5, 0.6) is 0 Å². The van der Waals surface area contributed by atoms with E-state index in [0.717, 1.165) is 36.7 Å². The summed E-state index contributed by atoms with van der Waals surface area (Å²) >= 11 is 5.21. The standard InChI is InChI=1S/C20H23F2N3S/c1-14-3-2-10-25(13-14)17-7-4-15(5-8-17)12-23-20(26)24-16-6-9-18(21)19(22)11-16/h4-9,11,14H,2-3,10,12-13H2,1H3,(H2,23,24,26). The van der Waals surface area contributed by atoms with Gasteiger partial charge in [-0.2, -0.15) is 0 Å². The van der Waals surface area contributed by atoms with Gasteiger partial charge < -0.3 is 15.5 Å². The highest BCUT2D eigenvalue weighted by Gasteiger charge is 2.16. The summed E-state index contributed by atoms with van der Waals surface area (Å²) in [5.74, 6) is -1.04. The molecule has 1 saturated heterocycles. The molecule has 1 aliphatic heterocycles. The minimum absolute atomic E-state index is 0.366. The van der Waals surface area contributed by atoms with Crippen molar-refractivity contribution in [3.05, 3.63) is 59.7 Å². The third-order valence-electron chi connectivity index (χ3n) is 4.59. The van der Waals surface area contributed by atoms with Gasteiger partial charge in [0.1, 0.15) is 0 Å². The predicted molar refractivity (Wildman–Crippen MR) is 106 cm³/mol. The van der Waals surface area contributed by atoms with Crippen molar-refractivity contribution in [3.63, 3.8) is 0 Å². The molecular formula is C20H23F2N3S. The topological polar surface area (TPSA) is 27.3 Å². The molecule has 2 aromatic carbocycles. The molecule has 3 rings (SSSR count). The zero-order valence-corrected chi connectivity index (χ0v) is 15.6. The molecule has 26 heavy (non-hydrogen) atoms. The number of anilines is 2. The molecule has 0 saturated carbocycles. The Labute approximate surface area is 158 Å². The number of thiocarbonyl (C=S) groups is 1. The van der Waals surface area contributed by atoms with E-state index in [1.54, 1.807) is 0 Å². The van der Waals surface area contributed by atoms with Crippen LogP contribution in [-0.2, 0) is 6.54 Å². The average Bonchev–Trinajstić information content (AvgIpc) is 2.63. The number of piperidine rings is 1. The average molecular weight is 375 g/mol. The molecule has 1 fully saturated rings. The van der Waals surface area contributed by atoms with Gasteiger partial charge in [-0.15, -0.1) is 0 Å². The molecule has 0 bridgehead atoms. The maximum Gasteiger partial charge on any atom is 0.171 e. The second-order valence-electron chi connectivity index (χ2n) is 6.80. The maximum atomic E-state index is 13.2. The maximum absolute atomic E-state index is 13.2. The third kappa shape index (κ3) is 4.91. The molecule has 0 aromatic heterocycles. The summed E-state index contributed by atoms with van der Waals surface area (Å²) in [6.07, 6.45) is 2.55. The molecular weight excluding hydrogens is 352 g/mol. The summed E-state index contributed by atoms with van der Waals surface area (Å²) in [5, 5.41) is 6.30. The number of nitrogens with one attached hydrogen (secondary N) is 2. The fourth-order valence-corrected chi connectivity index (χ4v) is 3.37. The molecule has 3 nitrogen and oxygen atoms in total. The van der Waals surface area contributed by atoms with E-state index in [-0.39, 0.29) is 0 Å². The van der Waals surface area contributed by atoms with Crippen LogP contribution in [0, 0.1) is 17.6 Å². The second-order valence-corrected chi connectivity index (χ2v) is 7.20. The van der Waals surface area contributed by atoms with Crippen molar-refractivity contribution in [1.29, 1.82) is 0 Å². The van der Waals surface area contributed by atoms with Crippen molar-refractivity contribution in [2.45, 2.75) is 26.3 Å². The van der Waals surface area contributed by atoms with E-state index in [1.807, 2.05) is 0 Å². The largest absolute Gasteiger partial charge is 0.371 e. The molecule has 0 aliphatic carbocycles. The first-order chi connectivity index (χ1) is 12.5. The minimum Gasteiger partial charge on any atom is -0.371 e. The first kappa shape index (κ1) is 18.6. The zero-order chi connectivity index (χ0) is 18.5. The number of benzene rings is 2. The molecule has 1 atom stereocenters. The van der Waals surface area contributed by atoms with Gasteiger partial charge in [-0.05, 0) is 60.8 Å². The van der Waals surface area contributed by atoms with Crippen LogP contribution in [-0.4, -0.2) is 18.2 Å². The molecule has 2 aromatic rings. The molecule has 0 spiro atoms. The van der Waals surface area contributed by atoms with Crippen molar-refractivity contribution in [1.82, 2.24) is 5.32 Å². The smallest absolute Gasteiger partial charge is 0.171 e. The molecule has 1 aliphatic rings. The molecule has 1 heterocycles.